The van der Waals surface area contributed by atoms with Crippen LogP contribution in [0.15, 0.2) is 23.2 Å². The lowest BCUT2D eigenvalue weighted by Gasteiger charge is -2.14. The molecule has 6 nitrogen and oxygen atoms in total. The van der Waals surface area contributed by atoms with E-state index in [2.05, 4.69) is 22.5 Å². The molecule has 0 bridgehead atoms. The molecule has 0 radical (unpaired) electrons. The lowest BCUT2D eigenvalue weighted by molar-refractivity contribution is 0.129. The molecule has 2 N–H and O–H groups in total. The highest BCUT2D eigenvalue weighted by atomic mass is 127. The Morgan fingerprint density at radius 3 is 2.68 bits per heavy atom. The van der Waals surface area contributed by atoms with Crippen LogP contribution in [0.25, 0.3) is 0 Å². The zero-order chi connectivity index (χ0) is 17.0. The van der Waals surface area contributed by atoms with Gasteiger partial charge in [0.25, 0.3) is 0 Å². The predicted molar refractivity (Wildman–Crippen MR) is 113 cm³/mol. The van der Waals surface area contributed by atoms with E-state index >= 15 is 0 Å². The van der Waals surface area contributed by atoms with Crippen molar-refractivity contribution in [3.8, 4) is 11.5 Å². The minimum atomic E-state index is 0. The molecule has 1 aromatic rings. The summed E-state index contributed by atoms with van der Waals surface area (Å²) >= 11 is 0. The molecule has 0 spiro atoms. The number of anilines is 1. The number of nitrogens with zero attached hydrogens (tertiary/aromatic N) is 1. The lowest BCUT2D eigenvalue weighted by Crippen LogP contribution is -2.31. The minimum Gasteiger partial charge on any atom is -0.490 e. The largest absolute Gasteiger partial charge is 0.490 e. The zero-order valence-electron chi connectivity index (χ0n) is 15.2. The molecule has 0 saturated carbocycles. The predicted octanol–water partition coefficient (Wildman–Crippen LogP) is 3.66. The Morgan fingerprint density at radius 2 is 1.92 bits per heavy atom. The summed E-state index contributed by atoms with van der Waals surface area (Å²) in [6.07, 6.45) is 4.15. The Bertz CT molecular complexity index is 526. The third kappa shape index (κ3) is 8.13. The number of hydrogen-bond donors (Lipinski definition) is 2. The molecule has 0 aromatic heterocycles. The van der Waals surface area contributed by atoms with Gasteiger partial charge in [0.2, 0.25) is 0 Å². The highest BCUT2D eigenvalue weighted by Gasteiger charge is 2.11. The highest BCUT2D eigenvalue weighted by molar-refractivity contribution is 14.0. The Morgan fingerprint density at radius 1 is 1.16 bits per heavy atom. The van der Waals surface area contributed by atoms with Crippen LogP contribution in [0.2, 0.25) is 0 Å². The van der Waals surface area contributed by atoms with E-state index in [1.165, 1.54) is 6.42 Å². The average Bonchev–Trinajstić information content (AvgIpc) is 2.84. The lowest BCUT2D eigenvalue weighted by atomic mass is 10.3. The number of fused-ring (bicyclic) bond motifs is 1. The summed E-state index contributed by atoms with van der Waals surface area (Å²) in [5.74, 6) is 2.31. The number of rotatable bonds is 8. The first-order chi connectivity index (χ1) is 11.8. The summed E-state index contributed by atoms with van der Waals surface area (Å²) < 4.78 is 16.9. The monoisotopic (exact) mass is 463 g/mol. The van der Waals surface area contributed by atoms with Gasteiger partial charge in [-0.2, -0.15) is 0 Å². The molecule has 0 saturated heterocycles. The second-order valence-corrected chi connectivity index (χ2v) is 5.66. The van der Waals surface area contributed by atoms with Gasteiger partial charge in [0.05, 0.1) is 13.2 Å². The first-order valence-electron chi connectivity index (χ1n) is 8.78. The second-order valence-electron chi connectivity index (χ2n) is 5.66. The molecule has 1 heterocycles. The van der Waals surface area contributed by atoms with Gasteiger partial charge in [-0.3, -0.25) is 4.99 Å². The van der Waals surface area contributed by atoms with E-state index in [4.69, 9.17) is 14.2 Å². The second kappa shape index (κ2) is 13.0. The maximum Gasteiger partial charge on any atom is 0.195 e. The molecule has 1 aliphatic heterocycles. The van der Waals surface area contributed by atoms with Crippen LogP contribution >= 0.6 is 24.0 Å². The van der Waals surface area contributed by atoms with Gasteiger partial charge in [0.15, 0.2) is 17.5 Å². The fourth-order valence-electron chi connectivity index (χ4n) is 2.29. The normalized spacial score (nSPS) is 13.6. The Hall–Kier alpha value is -1.22. The molecular weight excluding hydrogens is 433 g/mol. The fourth-order valence-corrected chi connectivity index (χ4v) is 2.29. The number of halogens is 1. The van der Waals surface area contributed by atoms with Crippen molar-refractivity contribution in [2.45, 2.75) is 32.6 Å². The van der Waals surface area contributed by atoms with E-state index in [0.717, 1.165) is 62.2 Å². The van der Waals surface area contributed by atoms with Crippen LogP contribution in [-0.4, -0.2) is 46.0 Å². The van der Waals surface area contributed by atoms with Crippen LogP contribution < -0.4 is 20.1 Å². The van der Waals surface area contributed by atoms with Crippen LogP contribution in [0.5, 0.6) is 11.5 Å². The number of hydrogen-bond acceptors (Lipinski definition) is 4. The maximum atomic E-state index is 5.71. The van der Waals surface area contributed by atoms with Crippen molar-refractivity contribution in [3.63, 3.8) is 0 Å². The van der Waals surface area contributed by atoms with Crippen LogP contribution in [0, 0.1) is 0 Å². The first-order valence-corrected chi connectivity index (χ1v) is 8.78. The quantitative estimate of drug-likeness (QED) is 0.267. The van der Waals surface area contributed by atoms with Gasteiger partial charge in [0.1, 0.15) is 0 Å². The number of guanidine groups is 1. The van der Waals surface area contributed by atoms with Crippen molar-refractivity contribution in [1.29, 1.82) is 0 Å². The third-order valence-corrected chi connectivity index (χ3v) is 3.63. The topological polar surface area (TPSA) is 64.1 Å². The number of nitrogens with one attached hydrogen (secondary N) is 2. The summed E-state index contributed by atoms with van der Waals surface area (Å²) in [6, 6.07) is 5.84. The highest BCUT2D eigenvalue weighted by Crippen LogP contribution is 2.32. The van der Waals surface area contributed by atoms with Crippen LogP contribution in [0.4, 0.5) is 5.69 Å². The molecule has 2 rings (SSSR count). The molecule has 0 fully saturated rings. The Labute approximate surface area is 167 Å². The van der Waals surface area contributed by atoms with Gasteiger partial charge in [-0.25, -0.2) is 0 Å². The smallest absolute Gasteiger partial charge is 0.195 e. The third-order valence-electron chi connectivity index (χ3n) is 3.63. The van der Waals surface area contributed by atoms with Crippen LogP contribution in [0.1, 0.15) is 32.6 Å². The first kappa shape index (κ1) is 21.8. The van der Waals surface area contributed by atoms with E-state index < -0.39 is 0 Å². The molecule has 0 aliphatic carbocycles. The molecule has 1 aromatic carbocycles. The van der Waals surface area contributed by atoms with Gasteiger partial charge < -0.3 is 24.8 Å². The number of ether oxygens (including phenoxy) is 3. The van der Waals surface area contributed by atoms with Crippen molar-refractivity contribution in [2.24, 2.45) is 4.99 Å². The summed E-state index contributed by atoms with van der Waals surface area (Å²) in [4.78, 5) is 4.24. The molecule has 0 atom stereocenters. The summed E-state index contributed by atoms with van der Waals surface area (Å²) in [6.45, 7) is 5.98. The molecule has 25 heavy (non-hydrogen) atoms. The van der Waals surface area contributed by atoms with Gasteiger partial charge in [-0.05, 0) is 25.0 Å². The van der Waals surface area contributed by atoms with Gasteiger partial charge in [0, 0.05) is 45.0 Å². The minimum absolute atomic E-state index is 0. The van der Waals surface area contributed by atoms with Crippen molar-refractivity contribution in [2.75, 3.05) is 45.3 Å². The van der Waals surface area contributed by atoms with Crippen molar-refractivity contribution < 1.29 is 14.2 Å². The van der Waals surface area contributed by atoms with Crippen molar-refractivity contribution in [1.82, 2.24) is 5.32 Å². The molecule has 7 heteroatoms. The van der Waals surface area contributed by atoms with E-state index in [0.29, 0.717) is 13.2 Å². The fraction of sp³-hybridized carbons (Fsp3) is 0.611. The molecule has 0 unspecified atom stereocenters. The zero-order valence-corrected chi connectivity index (χ0v) is 17.5. The molecule has 0 amide bonds. The maximum absolute atomic E-state index is 5.71. The average molecular weight is 463 g/mol. The number of aliphatic imine (C=N–C) groups is 1. The van der Waals surface area contributed by atoms with Crippen molar-refractivity contribution >= 4 is 35.6 Å². The van der Waals surface area contributed by atoms with Crippen LogP contribution in [-0.2, 0) is 4.74 Å². The SMILES string of the molecule is CCCCOCCCNC(=NC)Nc1ccc2c(c1)OCCCO2.I. The summed E-state index contributed by atoms with van der Waals surface area (Å²) in [5, 5.41) is 6.56. The number of unbranched alkanes of at least 4 members (excludes halogenated alkanes) is 1. The molecule has 1 aliphatic rings. The van der Waals surface area contributed by atoms with Crippen molar-refractivity contribution in [3.05, 3.63) is 18.2 Å². The Kier molecular flexibility index (Phi) is 11.4. The van der Waals surface area contributed by atoms with Gasteiger partial charge in [-0.15, -0.1) is 24.0 Å². The van der Waals surface area contributed by atoms with E-state index in [1.807, 2.05) is 18.2 Å². The molecule has 142 valence electrons. The Balaban J connectivity index is 0.00000312. The van der Waals surface area contributed by atoms with Gasteiger partial charge >= 0.3 is 0 Å². The molecular formula is C18H30IN3O3. The van der Waals surface area contributed by atoms with E-state index in [1.54, 1.807) is 7.05 Å². The van der Waals surface area contributed by atoms with Crippen LogP contribution in [0.3, 0.4) is 0 Å². The summed E-state index contributed by atoms with van der Waals surface area (Å²) in [5.41, 5.74) is 0.923. The number of benzene rings is 1. The van der Waals surface area contributed by atoms with E-state index in [-0.39, 0.29) is 24.0 Å². The standard InChI is InChI=1S/C18H29N3O3.HI/c1-3-4-10-22-11-5-9-20-18(19-2)21-15-7-8-16-17(14-15)24-13-6-12-23-16;/h7-8,14H,3-6,9-13H2,1-2H3,(H2,19,20,21);1H. The van der Waals surface area contributed by atoms with E-state index in [9.17, 15) is 0 Å². The van der Waals surface area contributed by atoms with Gasteiger partial charge in [-0.1, -0.05) is 13.3 Å². The summed E-state index contributed by atoms with van der Waals surface area (Å²) in [7, 11) is 1.76.